The van der Waals surface area contributed by atoms with Gasteiger partial charge in [-0.3, -0.25) is 0 Å². The van der Waals surface area contributed by atoms with E-state index in [0.717, 1.165) is 44.8 Å². The summed E-state index contributed by atoms with van der Waals surface area (Å²) in [4.78, 5) is 0. The third kappa shape index (κ3) is 2.28. The summed E-state index contributed by atoms with van der Waals surface area (Å²) in [5.41, 5.74) is 6.70. The van der Waals surface area contributed by atoms with Crippen molar-refractivity contribution < 1.29 is 4.74 Å². The van der Waals surface area contributed by atoms with Crippen LogP contribution in [0, 0.1) is 0 Å². The molecule has 108 valence electrons. The minimum absolute atomic E-state index is 0.748. The maximum Gasteiger partial charge on any atom is 0.143 e. The third-order valence-corrected chi connectivity index (χ3v) is 4.34. The van der Waals surface area contributed by atoms with Gasteiger partial charge in [-0.25, -0.2) is 0 Å². The van der Waals surface area contributed by atoms with E-state index < -0.39 is 0 Å². The van der Waals surface area contributed by atoms with Crippen molar-refractivity contribution in [1.29, 1.82) is 0 Å². The SMILES string of the molecule is c1ccc(-c2c3c(cc4c2NCCO4)CCNCC3)cc1. The van der Waals surface area contributed by atoms with Gasteiger partial charge >= 0.3 is 0 Å². The second-order valence-electron chi connectivity index (χ2n) is 5.65. The lowest BCUT2D eigenvalue weighted by atomic mass is 9.90. The van der Waals surface area contributed by atoms with Crippen LogP contribution in [0.25, 0.3) is 11.1 Å². The summed E-state index contributed by atoms with van der Waals surface area (Å²) >= 11 is 0. The van der Waals surface area contributed by atoms with Gasteiger partial charge in [-0.05, 0) is 48.7 Å². The maximum absolute atomic E-state index is 5.91. The first-order chi connectivity index (χ1) is 10.4. The Balaban J connectivity index is 1.97. The zero-order valence-corrected chi connectivity index (χ0v) is 12.1. The van der Waals surface area contributed by atoms with E-state index in [1.807, 2.05) is 0 Å². The normalized spacial score (nSPS) is 17.0. The molecule has 2 aromatic rings. The van der Waals surface area contributed by atoms with Crippen molar-refractivity contribution in [2.75, 3.05) is 31.6 Å². The highest BCUT2D eigenvalue weighted by Gasteiger charge is 2.22. The molecule has 2 aliphatic rings. The van der Waals surface area contributed by atoms with Crippen LogP contribution >= 0.6 is 0 Å². The molecule has 2 heterocycles. The van der Waals surface area contributed by atoms with Crippen molar-refractivity contribution in [2.24, 2.45) is 0 Å². The van der Waals surface area contributed by atoms with Crippen LogP contribution in [0.5, 0.6) is 5.75 Å². The number of hydrogen-bond acceptors (Lipinski definition) is 3. The maximum atomic E-state index is 5.91. The number of rotatable bonds is 1. The highest BCUT2D eigenvalue weighted by molar-refractivity contribution is 5.86. The van der Waals surface area contributed by atoms with Gasteiger partial charge in [0.25, 0.3) is 0 Å². The van der Waals surface area contributed by atoms with Crippen LogP contribution in [-0.2, 0) is 12.8 Å². The van der Waals surface area contributed by atoms with E-state index in [-0.39, 0.29) is 0 Å². The van der Waals surface area contributed by atoms with Crippen LogP contribution in [-0.4, -0.2) is 26.2 Å². The predicted octanol–water partition coefficient (Wildman–Crippen LogP) is 2.85. The third-order valence-electron chi connectivity index (χ3n) is 4.34. The second kappa shape index (κ2) is 5.41. The lowest BCUT2D eigenvalue weighted by Gasteiger charge is -2.26. The van der Waals surface area contributed by atoms with Gasteiger partial charge in [0.1, 0.15) is 12.4 Å². The molecule has 2 aromatic carbocycles. The van der Waals surface area contributed by atoms with E-state index in [2.05, 4.69) is 47.0 Å². The number of hydrogen-bond donors (Lipinski definition) is 2. The lowest BCUT2D eigenvalue weighted by molar-refractivity contribution is 0.323. The Labute approximate surface area is 125 Å². The molecule has 0 aliphatic carbocycles. The van der Waals surface area contributed by atoms with E-state index >= 15 is 0 Å². The van der Waals surface area contributed by atoms with E-state index in [1.54, 1.807) is 0 Å². The molecular formula is C18H20N2O. The first kappa shape index (κ1) is 12.7. The average molecular weight is 280 g/mol. The molecule has 0 fully saturated rings. The van der Waals surface area contributed by atoms with Crippen molar-refractivity contribution in [3.63, 3.8) is 0 Å². The lowest BCUT2D eigenvalue weighted by Crippen LogP contribution is -2.20. The summed E-state index contributed by atoms with van der Waals surface area (Å²) < 4.78 is 5.91. The molecule has 2 aliphatic heterocycles. The van der Waals surface area contributed by atoms with E-state index in [4.69, 9.17) is 4.74 Å². The molecule has 21 heavy (non-hydrogen) atoms. The first-order valence-corrected chi connectivity index (χ1v) is 7.75. The van der Waals surface area contributed by atoms with Crippen molar-refractivity contribution in [3.8, 4) is 16.9 Å². The largest absolute Gasteiger partial charge is 0.490 e. The second-order valence-corrected chi connectivity index (χ2v) is 5.65. The van der Waals surface area contributed by atoms with Gasteiger partial charge in [0.05, 0.1) is 5.69 Å². The van der Waals surface area contributed by atoms with Gasteiger partial charge < -0.3 is 15.4 Å². The van der Waals surface area contributed by atoms with Crippen molar-refractivity contribution in [3.05, 3.63) is 47.5 Å². The molecule has 0 amide bonds. The Kier molecular flexibility index (Phi) is 3.28. The molecule has 0 aromatic heterocycles. The summed E-state index contributed by atoms with van der Waals surface area (Å²) in [6, 6.07) is 12.9. The quantitative estimate of drug-likeness (QED) is 0.842. The van der Waals surface area contributed by atoms with Crippen LogP contribution < -0.4 is 15.4 Å². The van der Waals surface area contributed by atoms with Crippen LogP contribution in [0.1, 0.15) is 11.1 Å². The van der Waals surface area contributed by atoms with Gasteiger partial charge in [0.15, 0.2) is 0 Å². The number of ether oxygens (including phenoxy) is 1. The van der Waals surface area contributed by atoms with Crippen molar-refractivity contribution >= 4 is 5.69 Å². The molecule has 0 unspecified atom stereocenters. The minimum Gasteiger partial charge on any atom is -0.490 e. The number of benzene rings is 2. The Hall–Kier alpha value is -2.00. The fourth-order valence-corrected chi connectivity index (χ4v) is 3.37. The fraction of sp³-hybridized carbons (Fsp3) is 0.333. The predicted molar refractivity (Wildman–Crippen MR) is 86.1 cm³/mol. The highest BCUT2D eigenvalue weighted by atomic mass is 16.5. The van der Waals surface area contributed by atoms with Crippen LogP contribution in [0.4, 0.5) is 5.69 Å². The molecule has 4 rings (SSSR count). The van der Waals surface area contributed by atoms with Crippen LogP contribution in [0.3, 0.4) is 0 Å². The summed E-state index contributed by atoms with van der Waals surface area (Å²) in [5, 5.41) is 7.06. The van der Waals surface area contributed by atoms with Crippen molar-refractivity contribution in [1.82, 2.24) is 5.32 Å². The molecule has 0 saturated carbocycles. The van der Waals surface area contributed by atoms with Crippen molar-refractivity contribution in [2.45, 2.75) is 12.8 Å². The number of nitrogens with one attached hydrogen (secondary N) is 2. The Morgan fingerprint density at radius 1 is 0.952 bits per heavy atom. The van der Waals surface area contributed by atoms with Gasteiger partial charge in [-0.2, -0.15) is 0 Å². The Bertz CT molecular complexity index is 652. The van der Waals surface area contributed by atoms with E-state index in [0.29, 0.717) is 0 Å². The number of fused-ring (bicyclic) bond motifs is 2. The zero-order valence-electron chi connectivity index (χ0n) is 12.1. The van der Waals surface area contributed by atoms with Gasteiger partial charge in [0, 0.05) is 12.1 Å². The molecule has 0 saturated heterocycles. The molecule has 0 atom stereocenters. The number of anilines is 1. The van der Waals surface area contributed by atoms with Gasteiger partial charge in [0.2, 0.25) is 0 Å². The minimum atomic E-state index is 0.748. The summed E-state index contributed by atoms with van der Waals surface area (Å²) in [7, 11) is 0. The molecule has 2 N–H and O–H groups in total. The standard InChI is InChI=1S/C18H20N2O/c1-2-4-13(5-3-1)17-15-7-9-19-8-6-14(15)12-16-18(17)20-10-11-21-16/h1-5,12,19-20H,6-11H2. The van der Waals surface area contributed by atoms with Gasteiger partial charge in [-0.15, -0.1) is 0 Å². The average Bonchev–Trinajstić information content (AvgIpc) is 2.78. The van der Waals surface area contributed by atoms with Crippen LogP contribution in [0.15, 0.2) is 36.4 Å². The van der Waals surface area contributed by atoms with Crippen LogP contribution in [0.2, 0.25) is 0 Å². The Morgan fingerprint density at radius 3 is 2.71 bits per heavy atom. The molecule has 3 heteroatoms. The highest BCUT2D eigenvalue weighted by Crippen LogP contribution is 2.42. The van der Waals surface area contributed by atoms with Gasteiger partial charge in [-0.1, -0.05) is 30.3 Å². The molecule has 0 radical (unpaired) electrons. The Morgan fingerprint density at radius 2 is 1.81 bits per heavy atom. The topological polar surface area (TPSA) is 33.3 Å². The van der Waals surface area contributed by atoms with E-state index in [9.17, 15) is 0 Å². The first-order valence-electron chi connectivity index (χ1n) is 7.75. The monoisotopic (exact) mass is 280 g/mol. The zero-order chi connectivity index (χ0) is 14.1. The molecule has 0 spiro atoms. The fourth-order valence-electron chi connectivity index (χ4n) is 3.37. The molecule has 3 nitrogen and oxygen atoms in total. The smallest absolute Gasteiger partial charge is 0.143 e. The summed E-state index contributed by atoms with van der Waals surface area (Å²) in [6.45, 7) is 3.72. The summed E-state index contributed by atoms with van der Waals surface area (Å²) in [6.07, 6.45) is 2.15. The molecular weight excluding hydrogens is 260 g/mol. The summed E-state index contributed by atoms with van der Waals surface area (Å²) in [5.74, 6) is 1.01. The van der Waals surface area contributed by atoms with E-state index in [1.165, 1.54) is 27.9 Å². The molecule has 0 bridgehead atoms.